The van der Waals surface area contributed by atoms with Crippen molar-refractivity contribution in [1.82, 2.24) is 14.7 Å². The van der Waals surface area contributed by atoms with Gasteiger partial charge >= 0.3 is 0 Å². The molecule has 100 valence electrons. The van der Waals surface area contributed by atoms with Gasteiger partial charge in [-0.25, -0.2) is 0 Å². The first-order valence-corrected chi connectivity index (χ1v) is 6.63. The number of anilines is 1. The highest BCUT2D eigenvalue weighted by molar-refractivity contribution is 5.76. The van der Waals surface area contributed by atoms with Crippen molar-refractivity contribution in [3.63, 3.8) is 0 Å². The number of carbonyl (C=O) groups excluding carboxylic acids is 1. The van der Waals surface area contributed by atoms with Crippen molar-refractivity contribution in [2.45, 2.75) is 52.6 Å². The third kappa shape index (κ3) is 2.21. The quantitative estimate of drug-likeness (QED) is 0.883. The number of nitrogen functional groups attached to an aromatic ring is 1. The second-order valence-electron chi connectivity index (χ2n) is 5.03. The van der Waals surface area contributed by atoms with Gasteiger partial charge < -0.3 is 10.6 Å². The molecule has 0 spiro atoms. The molecule has 0 radical (unpaired) electrons. The molecule has 0 aliphatic carbocycles. The summed E-state index contributed by atoms with van der Waals surface area (Å²) in [6, 6.07) is 0.409. The minimum absolute atomic E-state index is 0.157. The Balaban J connectivity index is 2.09. The molecule has 0 aromatic carbocycles. The van der Waals surface area contributed by atoms with Gasteiger partial charge in [-0.2, -0.15) is 5.10 Å². The van der Waals surface area contributed by atoms with Crippen LogP contribution in [0, 0.1) is 13.8 Å². The highest BCUT2D eigenvalue weighted by Crippen LogP contribution is 2.21. The molecule has 1 aromatic rings. The van der Waals surface area contributed by atoms with Crippen LogP contribution >= 0.6 is 0 Å². The van der Waals surface area contributed by atoms with Gasteiger partial charge in [0.25, 0.3) is 0 Å². The minimum Gasteiger partial charge on any atom is -0.396 e. The second-order valence-corrected chi connectivity index (χ2v) is 5.03. The molecule has 18 heavy (non-hydrogen) atoms. The standard InChI is InChI=1S/C13H22N4O/c1-4-11-6-5-7-16(11)12(18)8-17-10(3)13(14)9(2)15-17/h11H,4-8,14H2,1-3H3. The SMILES string of the molecule is CCC1CCCN1C(=O)Cn1nc(C)c(N)c1C. The van der Waals surface area contributed by atoms with Crippen LogP contribution in [0.4, 0.5) is 5.69 Å². The first kappa shape index (κ1) is 12.9. The minimum atomic E-state index is 0.157. The molecule has 1 saturated heterocycles. The number of nitrogens with two attached hydrogens (primary N) is 1. The molecule has 0 bridgehead atoms. The molecule has 5 nitrogen and oxygen atoms in total. The van der Waals surface area contributed by atoms with Gasteiger partial charge in [0.05, 0.1) is 17.1 Å². The summed E-state index contributed by atoms with van der Waals surface area (Å²) in [5.41, 5.74) is 8.25. The monoisotopic (exact) mass is 250 g/mol. The Morgan fingerprint density at radius 2 is 2.22 bits per heavy atom. The maximum atomic E-state index is 12.3. The number of aromatic nitrogens is 2. The zero-order chi connectivity index (χ0) is 13.3. The molecule has 1 aromatic heterocycles. The largest absolute Gasteiger partial charge is 0.396 e. The van der Waals surface area contributed by atoms with Gasteiger partial charge in [-0.3, -0.25) is 9.48 Å². The zero-order valence-corrected chi connectivity index (χ0v) is 11.4. The lowest BCUT2D eigenvalue weighted by atomic mass is 10.2. The van der Waals surface area contributed by atoms with Crippen LogP contribution in [0.25, 0.3) is 0 Å². The van der Waals surface area contributed by atoms with Gasteiger partial charge in [-0.05, 0) is 33.1 Å². The fourth-order valence-electron chi connectivity index (χ4n) is 2.67. The number of aryl methyl sites for hydroxylation is 1. The summed E-state index contributed by atoms with van der Waals surface area (Å²) in [7, 11) is 0. The van der Waals surface area contributed by atoms with Crippen molar-refractivity contribution in [3.8, 4) is 0 Å². The van der Waals surface area contributed by atoms with Crippen LogP contribution in [0.15, 0.2) is 0 Å². The van der Waals surface area contributed by atoms with Crippen LogP contribution in [-0.4, -0.2) is 33.2 Å². The van der Waals surface area contributed by atoms with Crippen LogP contribution in [0.5, 0.6) is 0 Å². The molecule has 1 amide bonds. The van der Waals surface area contributed by atoms with E-state index >= 15 is 0 Å². The van der Waals surface area contributed by atoms with E-state index in [1.165, 1.54) is 0 Å². The van der Waals surface area contributed by atoms with Crippen LogP contribution in [0.1, 0.15) is 37.6 Å². The third-order valence-corrected chi connectivity index (χ3v) is 3.89. The number of carbonyl (C=O) groups is 1. The molecular weight excluding hydrogens is 228 g/mol. The maximum Gasteiger partial charge on any atom is 0.244 e. The van der Waals surface area contributed by atoms with Crippen molar-refractivity contribution in [2.24, 2.45) is 0 Å². The fraction of sp³-hybridized carbons (Fsp3) is 0.692. The van der Waals surface area contributed by atoms with Gasteiger partial charge in [-0.15, -0.1) is 0 Å². The van der Waals surface area contributed by atoms with E-state index in [4.69, 9.17) is 5.73 Å². The summed E-state index contributed by atoms with van der Waals surface area (Å²) in [5, 5.41) is 4.32. The Labute approximate surface area is 108 Å². The van der Waals surface area contributed by atoms with Crippen molar-refractivity contribution in [2.75, 3.05) is 12.3 Å². The Morgan fingerprint density at radius 1 is 1.50 bits per heavy atom. The molecule has 0 saturated carbocycles. The van der Waals surface area contributed by atoms with Crippen LogP contribution in [0.2, 0.25) is 0 Å². The summed E-state index contributed by atoms with van der Waals surface area (Å²) >= 11 is 0. The van der Waals surface area contributed by atoms with Gasteiger partial charge in [0.1, 0.15) is 6.54 Å². The molecular formula is C13H22N4O. The lowest BCUT2D eigenvalue weighted by molar-refractivity contribution is -0.132. The smallest absolute Gasteiger partial charge is 0.244 e. The lowest BCUT2D eigenvalue weighted by Crippen LogP contribution is -2.37. The summed E-state index contributed by atoms with van der Waals surface area (Å²) in [6.45, 7) is 7.10. The maximum absolute atomic E-state index is 12.3. The van der Waals surface area contributed by atoms with E-state index in [2.05, 4.69) is 12.0 Å². The van der Waals surface area contributed by atoms with Gasteiger partial charge in [0, 0.05) is 12.6 Å². The van der Waals surface area contributed by atoms with Crippen molar-refractivity contribution >= 4 is 11.6 Å². The van der Waals surface area contributed by atoms with Gasteiger partial charge in [0.15, 0.2) is 0 Å². The second kappa shape index (κ2) is 5.00. The Morgan fingerprint density at radius 3 is 2.78 bits per heavy atom. The summed E-state index contributed by atoms with van der Waals surface area (Å²) in [6.07, 6.45) is 3.27. The van der Waals surface area contributed by atoms with Crippen LogP contribution in [0.3, 0.4) is 0 Å². The topological polar surface area (TPSA) is 64.2 Å². The molecule has 2 heterocycles. The molecule has 1 fully saturated rings. The van der Waals surface area contributed by atoms with E-state index < -0.39 is 0 Å². The first-order valence-electron chi connectivity index (χ1n) is 6.63. The average molecular weight is 250 g/mol. The van der Waals surface area contributed by atoms with Crippen LogP contribution in [-0.2, 0) is 11.3 Å². The third-order valence-electron chi connectivity index (χ3n) is 3.89. The molecule has 5 heteroatoms. The molecule has 2 N–H and O–H groups in total. The van der Waals surface area contributed by atoms with E-state index in [0.717, 1.165) is 37.2 Å². The summed E-state index contributed by atoms with van der Waals surface area (Å²) in [5.74, 6) is 0.157. The average Bonchev–Trinajstić information content (AvgIpc) is 2.91. The summed E-state index contributed by atoms with van der Waals surface area (Å²) < 4.78 is 1.72. The number of rotatable bonds is 3. The van der Waals surface area contributed by atoms with E-state index in [9.17, 15) is 4.79 Å². The number of likely N-dealkylation sites (tertiary alicyclic amines) is 1. The number of amides is 1. The molecule has 1 atom stereocenters. The molecule has 1 aliphatic heterocycles. The van der Waals surface area contributed by atoms with Gasteiger partial charge in [0.2, 0.25) is 5.91 Å². The van der Waals surface area contributed by atoms with Crippen molar-refractivity contribution < 1.29 is 4.79 Å². The highest BCUT2D eigenvalue weighted by atomic mass is 16.2. The Bertz CT molecular complexity index is 452. The highest BCUT2D eigenvalue weighted by Gasteiger charge is 2.27. The molecule has 2 rings (SSSR count). The number of hydrogen-bond donors (Lipinski definition) is 1. The van der Waals surface area contributed by atoms with Crippen molar-refractivity contribution in [3.05, 3.63) is 11.4 Å². The van der Waals surface area contributed by atoms with E-state index in [0.29, 0.717) is 18.3 Å². The number of hydrogen-bond acceptors (Lipinski definition) is 3. The van der Waals surface area contributed by atoms with Gasteiger partial charge in [-0.1, -0.05) is 6.92 Å². The predicted octanol–water partition coefficient (Wildman–Crippen LogP) is 1.48. The Hall–Kier alpha value is -1.52. The fourth-order valence-corrected chi connectivity index (χ4v) is 2.67. The predicted molar refractivity (Wildman–Crippen MR) is 71.1 cm³/mol. The van der Waals surface area contributed by atoms with Crippen LogP contribution < -0.4 is 5.73 Å². The van der Waals surface area contributed by atoms with E-state index in [1.54, 1.807) is 4.68 Å². The van der Waals surface area contributed by atoms with E-state index in [-0.39, 0.29) is 5.91 Å². The zero-order valence-electron chi connectivity index (χ0n) is 11.4. The first-order chi connectivity index (χ1) is 8.54. The van der Waals surface area contributed by atoms with Crippen molar-refractivity contribution in [1.29, 1.82) is 0 Å². The Kier molecular flexibility index (Phi) is 3.59. The lowest BCUT2D eigenvalue weighted by Gasteiger charge is -2.23. The number of nitrogens with zero attached hydrogens (tertiary/aromatic N) is 3. The molecule has 1 unspecified atom stereocenters. The molecule has 1 aliphatic rings. The normalized spacial score (nSPS) is 19.5. The van der Waals surface area contributed by atoms with E-state index in [1.807, 2.05) is 18.7 Å². The summed E-state index contributed by atoms with van der Waals surface area (Å²) in [4.78, 5) is 14.3.